The van der Waals surface area contributed by atoms with Gasteiger partial charge >= 0.3 is 0 Å². The van der Waals surface area contributed by atoms with E-state index in [1.165, 1.54) is 23.6 Å². The molecule has 10 nitrogen and oxygen atoms in total. The Kier molecular flexibility index (Phi) is 6.83. The third-order valence-electron chi connectivity index (χ3n) is 7.36. The van der Waals surface area contributed by atoms with Gasteiger partial charge in [0.15, 0.2) is 17.3 Å². The van der Waals surface area contributed by atoms with Crippen LogP contribution in [0.2, 0.25) is 0 Å². The van der Waals surface area contributed by atoms with Gasteiger partial charge in [-0.05, 0) is 85.4 Å². The highest BCUT2D eigenvalue weighted by molar-refractivity contribution is 5.87. The summed E-state index contributed by atoms with van der Waals surface area (Å²) in [5, 5.41) is 4.32. The van der Waals surface area contributed by atoms with E-state index >= 15 is 0 Å². The maximum Gasteiger partial charge on any atom is 0.246 e. The second-order valence-electron chi connectivity index (χ2n) is 10.0. The number of nitrogens with two attached hydrogens (primary N) is 2. The Hall–Kier alpha value is -4.83. The normalized spacial score (nSPS) is 16.0. The van der Waals surface area contributed by atoms with Gasteiger partial charge in [-0.1, -0.05) is 12.6 Å². The Morgan fingerprint density at radius 2 is 1.93 bits per heavy atom. The minimum absolute atomic E-state index is 0.00653. The zero-order valence-electron chi connectivity index (χ0n) is 22.1. The van der Waals surface area contributed by atoms with E-state index in [0.717, 1.165) is 59.9 Å². The van der Waals surface area contributed by atoms with E-state index in [2.05, 4.69) is 39.4 Å². The fraction of sp³-hybridized carbons (Fsp3) is 0.233. The molecule has 0 saturated carbocycles. The van der Waals surface area contributed by atoms with Gasteiger partial charge in [-0.3, -0.25) is 9.36 Å². The van der Waals surface area contributed by atoms with Gasteiger partial charge in [0.25, 0.3) is 0 Å². The van der Waals surface area contributed by atoms with Gasteiger partial charge < -0.3 is 16.4 Å². The number of carbonyl (C=O) groups excluding carboxylic acids is 1. The molecular formula is C30H31N9O. The number of nitrogens with zero attached hydrogens (tertiary/aromatic N) is 7. The molecule has 10 heteroatoms. The number of hydrogen-bond donors (Lipinski definition) is 2. The number of nitrogen functional groups attached to an aromatic ring is 1. The Bertz CT molecular complexity index is 1690. The highest BCUT2D eigenvalue weighted by Gasteiger charge is 2.22. The molecule has 0 spiro atoms. The molecule has 5 heterocycles. The van der Waals surface area contributed by atoms with Gasteiger partial charge in [0, 0.05) is 43.4 Å². The van der Waals surface area contributed by atoms with Crippen molar-refractivity contribution in [1.82, 2.24) is 34.2 Å². The monoisotopic (exact) mass is 533 g/mol. The van der Waals surface area contributed by atoms with Crippen molar-refractivity contribution in [2.45, 2.75) is 31.7 Å². The summed E-state index contributed by atoms with van der Waals surface area (Å²) in [7, 11) is 0. The van der Waals surface area contributed by atoms with Crippen LogP contribution in [0.3, 0.4) is 0 Å². The van der Waals surface area contributed by atoms with E-state index in [1.54, 1.807) is 22.0 Å². The van der Waals surface area contributed by atoms with Crippen molar-refractivity contribution in [3.63, 3.8) is 0 Å². The lowest BCUT2D eigenvalue weighted by Crippen LogP contribution is -2.30. The van der Waals surface area contributed by atoms with E-state index in [-0.39, 0.29) is 11.9 Å². The molecular weight excluding hydrogens is 502 g/mol. The molecule has 5 aromatic rings. The average Bonchev–Trinajstić information content (AvgIpc) is 3.79. The topological polar surface area (TPSA) is 134 Å². The molecule has 1 atom stereocenters. The Labute approximate surface area is 232 Å². The first-order chi connectivity index (χ1) is 19.5. The predicted molar refractivity (Wildman–Crippen MR) is 155 cm³/mol. The number of pyridine rings is 2. The number of benzene rings is 1. The molecule has 202 valence electrons. The first-order valence-electron chi connectivity index (χ1n) is 13.4. The van der Waals surface area contributed by atoms with Crippen LogP contribution in [0.15, 0.2) is 79.8 Å². The minimum Gasteiger partial charge on any atom is -0.383 e. The summed E-state index contributed by atoms with van der Waals surface area (Å²) >= 11 is 0. The molecule has 2 aliphatic rings. The minimum atomic E-state index is -0.00653. The third kappa shape index (κ3) is 4.85. The number of anilines is 1. The fourth-order valence-corrected chi connectivity index (χ4v) is 5.32. The Morgan fingerprint density at radius 3 is 2.67 bits per heavy atom. The lowest BCUT2D eigenvalue weighted by molar-refractivity contribution is -0.125. The van der Waals surface area contributed by atoms with Crippen LogP contribution < -0.4 is 11.5 Å². The standard InChI is InChI=1S/C23H19N7.C7H12N2O/c24-21-18(6-2-11-25-21)22-27-19-9-10-20(29-13-3-12-26-29)28-23(19)30(22)17-8-7-15-4-1-5-16(15)14-17;1-2-7(10)9-4-3-6(8)5-9/h2-3,6-14H,1,4-5H2,(H2,24,25);2,6H,1,3-5,8H2. The molecule has 4 aromatic heterocycles. The van der Waals surface area contributed by atoms with Crippen LogP contribution in [0.5, 0.6) is 0 Å². The number of amides is 1. The number of carbonyl (C=O) groups is 1. The lowest BCUT2D eigenvalue weighted by Gasteiger charge is -2.12. The van der Waals surface area contributed by atoms with Gasteiger partial charge in [0.1, 0.15) is 11.3 Å². The number of aromatic nitrogens is 6. The summed E-state index contributed by atoms with van der Waals surface area (Å²) in [6, 6.07) is 16.4. The SMILES string of the molecule is C=CC(=O)N1CCC(N)C1.Nc1ncccc1-c1nc2ccc(-n3cccn3)nc2n1-c1ccc2c(c1)CCC2. The molecule has 1 aliphatic carbocycles. The van der Waals surface area contributed by atoms with Gasteiger partial charge in [0.2, 0.25) is 5.91 Å². The molecule has 1 fully saturated rings. The van der Waals surface area contributed by atoms with E-state index in [4.69, 9.17) is 21.4 Å². The zero-order valence-corrected chi connectivity index (χ0v) is 22.1. The predicted octanol–water partition coefficient (Wildman–Crippen LogP) is 3.47. The van der Waals surface area contributed by atoms with Crippen LogP contribution in [-0.4, -0.2) is 59.2 Å². The number of rotatable bonds is 4. The van der Waals surface area contributed by atoms with Crippen LogP contribution >= 0.6 is 0 Å². The number of fused-ring (bicyclic) bond motifs is 2. The number of aryl methyl sites for hydroxylation is 2. The van der Waals surface area contributed by atoms with E-state index in [9.17, 15) is 4.79 Å². The van der Waals surface area contributed by atoms with Crippen molar-refractivity contribution < 1.29 is 4.79 Å². The van der Waals surface area contributed by atoms with Crippen molar-refractivity contribution >= 4 is 22.9 Å². The number of imidazole rings is 1. The first-order valence-corrected chi connectivity index (χ1v) is 13.4. The van der Waals surface area contributed by atoms with Gasteiger partial charge in [-0.15, -0.1) is 0 Å². The molecule has 1 saturated heterocycles. The quantitative estimate of drug-likeness (QED) is 0.338. The summed E-state index contributed by atoms with van der Waals surface area (Å²) in [6.07, 6.45) is 11.0. The maximum atomic E-state index is 10.9. The Balaban J connectivity index is 0.000000246. The smallest absolute Gasteiger partial charge is 0.246 e. The molecule has 1 unspecified atom stereocenters. The molecule has 0 radical (unpaired) electrons. The first kappa shape index (κ1) is 25.4. The zero-order chi connectivity index (χ0) is 27.6. The second kappa shape index (κ2) is 10.7. The fourth-order valence-electron chi connectivity index (χ4n) is 5.32. The summed E-state index contributed by atoms with van der Waals surface area (Å²) in [4.78, 5) is 26.7. The van der Waals surface area contributed by atoms with Crippen molar-refractivity contribution in [2.75, 3.05) is 18.8 Å². The van der Waals surface area contributed by atoms with Crippen molar-refractivity contribution in [3.05, 3.63) is 90.9 Å². The average molecular weight is 534 g/mol. The molecule has 0 bridgehead atoms. The molecule has 4 N–H and O–H groups in total. The number of likely N-dealkylation sites (tertiary alicyclic amines) is 1. The van der Waals surface area contributed by atoms with Gasteiger partial charge in [-0.25, -0.2) is 19.6 Å². The van der Waals surface area contributed by atoms with Crippen LogP contribution in [0, 0.1) is 0 Å². The molecule has 1 amide bonds. The van der Waals surface area contributed by atoms with E-state index in [1.807, 2.05) is 36.5 Å². The summed E-state index contributed by atoms with van der Waals surface area (Å²) in [6.45, 7) is 4.87. The van der Waals surface area contributed by atoms with Gasteiger partial charge in [-0.2, -0.15) is 5.10 Å². The van der Waals surface area contributed by atoms with Crippen LogP contribution in [0.25, 0.3) is 34.1 Å². The summed E-state index contributed by atoms with van der Waals surface area (Å²) < 4.78 is 3.83. The molecule has 1 aromatic carbocycles. The van der Waals surface area contributed by atoms with E-state index in [0.29, 0.717) is 12.4 Å². The van der Waals surface area contributed by atoms with Crippen molar-refractivity contribution in [2.24, 2.45) is 5.73 Å². The maximum absolute atomic E-state index is 10.9. The van der Waals surface area contributed by atoms with Crippen molar-refractivity contribution in [1.29, 1.82) is 0 Å². The van der Waals surface area contributed by atoms with E-state index < -0.39 is 0 Å². The molecule has 7 rings (SSSR count). The van der Waals surface area contributed by atoms with Crippen LogP contribution in [-0.2, 0) is 17.6 Å². The molecule has 40 heavy (non-hydrogen) atoms. The lowest BCUT2D eigenvalue weighted by atomic mass is 10.1. The second-order valence-corrected chi connectivity index (χ2v) is 10.0. The van der Waals surface area contributed by atoms with Crippen LogP contribution in [0.4, 0.5) is 5.82 Å². The van der Waals surface area contributed by atoms with Crippen molar-refractivity contribution in [3.8, 4) is 22.9 Å². The summed E-state index contributed by atoms with van der Waals surface area (Å²) in [5.41, 5.74) is 18.0. The highest BCUT2D eigenvalue weighted by Crippen LogP contribution is 2.32. The summed E-state index contributed by atoms with van der Waals surface area (Å²) in [5.74, 6) is 1.91. The number of hydrogen-bond acceptors (Lipinski definition) is 7. The Morgan fingerprint density at radius 1 is 1.05 bits per heavy atom. The molecule has 1 aliphatic heterocycles. The third-order valence-corrected chi connectivity index (χ3v) is 7.36. The highest BCUT2D eigenvalue weighted by atomic mass is 16.2. The largest absolute Gasteiger partial charge is 0.383 e. The van der Waals surface area contributed by atoms with Gasteiger partial charge in [0.05, 0.1) is 5.56 Å². The van der Waals surface area contributed by atoms with Crippen LogP contribution in [0.1, 0.15) is 24.0 Å².